The Morgan fingerprint density at radius 1 is 1.30 bits per heavy atom. The molecule has 0 radical (unpaired) electrons. The van der Waals surface area contributed by atoms with Gasteiger partial charge in [-0.1, -0.05) is 30.4 Å². The summed E-state index contributed by atoms with van der Waals surface area (Å²) >= 11 is 0. The van der Waals surface area contributed by atoms with Gasteiger partial charge in [0.2, 0.25) is 11.8 Å². The number of benzene rings is 1. The van der Waals surface area contributed by atoms with Gasteiger partial charge in [0.05, 0.1) is 13.2 Å². The Balaban J connectivity index is 1.71. The summed E-state index contributed by atoms with van der Waals surface area (Å²) in [6.45, 7) is 3.87. The maximum absolute atomic E-state index is 12.9. The highest BCUT2D eigenvalue weighted by atomic mass is 16.5. The lowest BCUT2D eigenvalue weighted by Crippen LogP contribution is -2.47. The van der Waals surface area contributed by atoms with E-state index in [-0.39, 0.29) is 23.7 Å². The van der Waals surface area contributed by atoms with E-state index in [1.165, 1.54) is 0 Å². The standard InChI is InChI=1S/C23H33N3O4/c1-25-15-20-6-3-4-8-21(20)30-12-5-7-19-16-26(23(28)17-25)11-9-18(19)14-22(27)24-10-13-29-2/h3-8,18-19H,9-17H2,1-2H3,(H,24,27)/b7-5-/t18-,19-/m0/s1. The van der Waals surface area contributed by atoms with E-state index >= 15 is 0 Å². The summed E-state index contributed by atoms with van der Waals surface area (Å²) in [6.07, 6.45) is 5.43. The van der Waals surface area contributed by atoms with Gasteiger partial charge in [-0.05, 0) is 31.4 Å². The molecule has 0 saturated carbocycles. The van der Waals surface area contributed by atoms with Gasteiger partial charge in [0.25, 0.3) is 0 Å². The Hall–Kier alpha value is -2.38. The third kappa shape index (κ3) is 6.31. The molecule has 2 atom stereocenters. The summed E-state index contributed by atoms with van der Waals surface area (Å²) in [5.74, 6) is 1.37. The highest BCUT2D eigenvalue weighted by Gasteiger charge is 2.31. The van der Waals surface area contributed by atoms with Crippen LogP contribution in [0.15, 0.2) is 36.4 Å². The predicted octanol–water partition coefficient (Wildman–Crippen LogP) is 1.68. The monoisotopic (exact) mass is 415 g/mol. The van der Waals surface area contributed by atoms with E-state index in [1.807, 2.05) is 47.2 Å². The molecular formula is C23H33N3O4. The number of carbonyl (C=O) groups excluding carboxylic acids is 2. The fraction of sp³-hybridized carbons (Fsp3) is 0.565. The molecule has 2 bridgehead atoms. The van der Waals surface area contributed by atoms with Gasteiger partial charge in [-0.3, -0.25) is 14.5 Å². The van der Waals surface area contributed by atoms with Crippen molar-refractivity contribution in [2.45, 2.75) is 19.4 Å². The van der Waals surface area contributed by atoms with Crippen LogP contribution >= 0.6 is 0 Å². The van der Waals surface area contributed by atoms with Gasteiger partial charge in [-0.25, -0.2) is 0 Å². The molecule has 0 unspecified atom stereocenters. The summed E-state index contributed by atoms with van der Waals surface area (Å²) in [7, 11) is 3.58. The summed E-state index contributed by atoms with van der Waals surface area (Å²) in [5, 5.41) is 2.91. The number of methoxy groups -OCH3 is 1. The number of amides is 2. The number of nitrogens with one attached hydrogen (secondary N) is 1. The molecule has 3 rings (SSSR count). The van der Waals surface area contributed by atoms with Crippen LogP contribution in [0.5, 0.6) is 5.75 Å². The number of hydrogen-bond acceptors (Lipinski definition) is 5. The zero-order valence-corrected chi connectivity index (χ0v) is 18.0. The molecule has 2 amide bonds. The predicted molar refractivity (Wildman–Crippen MR) is 115 cm³/mol. The molecule has 30 heavy (non-hydrogen) atoms. The second-order valence-corrected chi connectivity index (χ2v) is 8.12. The first-order valence-electron chi connectivity index (χ1n) is 10.7. The van der Waals surface area contributed by atoms with E-state index in [9.17, 15) is 9.59 Å². The number of para-hydroxylation sites is 1. The maximum Gasteiger partial charge on any atom is 0.236 e. The second-order valence-electron chi connectivity index (χ2n) is 8.12. The lowest BCUT2D eigenvalue weighted by molar-refractivity contribution is -0.134. The van der Waals surface area contributed by atoms with Crippen molar-refractivity contribution in [3.63, 3.8) is 0 Å². The molecule has 7 heteroatoms. The van der Waals surface area contributed by atoms with Crippen molar-refractivity contribution in [3.05, 3.63) is 42.0 Å². The lowest BCUT2D eigenvalue weighted by atomic mass is 9.82. The van der Waals surface area contributed by atoms with Crippen molar-refractivity contribution in [2.24, 2.45) is 11.8 Å². The molecule has 1 aromatic rings. The van der Waals surface area contributed by atoms with Crippen LogP contribution in [0.4, 0.5) is 0 Å². The minimum atomic E-state index is 0.0399. The minimum Gasteiger partial charge on any atom is -0.489 e. The number of likely N-dealkylation sites (N-methyl/N-ethyl adjacent to an activating group) is 1. The molecule has 2 aliphatic rings. The molecule has 2 aliphatic heterocycles. The second kappa shape index (κ2) is 11.1. The number of nitrogens with zero attached hydrogens (tertiary/aromatic N) is 2. The highest BCUT2D eigenvalue weighted by Crippen LogP contribution is 2.28. The molecule has 1 fully saturated rings. The number of fused-ring (bicyclic) bond motifs is 3. The Morgan fingerprint density at radius 3 is 2.97 bits per heavy atom. The van der Waals surface area contributed by atoms with Gasteiger partial charge in [0.1, 0.15) is 12.4 Å². The van der Waals surface area contributed by atoms with Crippen molar-refractivity contribution >= 4 is 11.8 Å². The van der Waals surface area contributed by atoms with Crippen LogP contribution in [0, 0.1) is 11.8 Å². The average Bonchev–Trinajstić information content (AvgIpc) is 2.73. The molecule has 164 valence electrons. The Labute approximate surface area is 179 Å². The molecule has 0 aliphatic carbocycles. The fourth-order valence-corrected chi connectivity index (χ4v) is 4.15. The van der Waals surface area contributed by atoms with Crippen LogP contribution < -0.4 is 10.1 Å². The van der Waals surface area contributed by atoms with E-state index in [1.54, 1.807) is 7.11 Å². The van der Waals surface area contributed by atoms with Crippen LogP contribution in [0.2, 0.25) is 0 Å². The number of piperidine rings is 1. The van der Waals surface area contributed by atoms with Gasteiger partial charge in [0, 0.05) is 45.3 Å². The SMILES string of the molecule is COCCNC(=O)C[C@@H]1CCN2C[C@@H]1/C=C\COc1ccccc1CN(C)CC2=O. The van der Waals surface area contributed by atoms with Gasteiger partial charge in [-0.15, -0.1) is 0 Å². The van der Waals surface area contributed by atoms with Crippen molar-refractivity contribution in [1.29, 1.82) is 0 Å². The first-order chi connectivity index (χ1) is 14.6. The first kappa shape index (κ1) is 22.3. The lowest BCUT2D eigenvalue weighted by Gasteiger charge is -2.37. The molecule has 0 aromatic heterocycles. The van der Waals surface area contributed by atoms with Crippen LogP contribution in [0.1, 0.15) is 18.4 Å². The summed E-state index contributed by atoms with van der Waals surface area (Å²) in [6, 6.07) is 7.96. The molecule has 7 nitrogen and oxygen atoms in total. The summed E-state index contributed by atoms with van der Waals surface area (Å²) < 4.78 is 11.0. The van der Waals surface area contributed by atoms with Gasteiger partial charge < -0.3 is 19.7 Å². The highest BCUT2D eigenvalue weighted by molar-refractivity contribution is 5.79. The molecule has 0 spiro atoms. The minimum absolute atomic E-state index is 0.0399. The van der Waals surface area contributed by atoms with E-state index in [2.05, 4.69) is 11.4 Å². The van der Waals surface area contributed by atoms with E-state index < -0.39 is 0 Å². The van der Waals surface area contributed by atoms with E-state index in [0.29, 0.717) is 52.4 Å². The summed E-state index contributed by atoms with van der Waals surface area (Å²) in [5.41, 5.74) is 1.07. The number of ether oxygens (including phenoxy) is 2. The van der Waals surface area contributed by atoms with Crippen molar-refractivity contribution in [3.8, 4) is 5.75 Å². The number of carbonyl (C=O) groups is 2. The van der Waals surface area contributed by atoms with Gasteiger partial charge >= 0.3 is 0 Å². The third-order valence-corrected chi connectivity index (χ3v) is 5.77. The van der Waals surface area contributed by atoms with Gasteiger partial charge in [0.15, 0.2) is 0 Å². The average molecular weight is 416 g/mol. The molecule has 2 heterocycles. The van der Waals surface area contributed by atoms with Crippen LogP contribution in [0.25, 0.3) is 0 Å². The number of rotatable bonds is 5. The van der Waals surface area contributed by atoms with Crippen molar-refractivity contribution < 1.29 is 19.1 Å². The Kier molecular flexibility index (Phi) is 8.28. The fourth-order valence-electron chi connectivity index (χ4n) is 4.15. The quantitative estimate of drug-likeness (QED) is 0.585. The molecule has 1 saturated heterocycles. The van der Waals surface area contributed by atoms with Crippen molar-refractivity contribution in [1.82, 2.24) is 15.1 Å². The zero-order chi connectivity index (χ0) is 21.3. The van der Waals surface area contributed by atoms with Gasteiger partial charge in [-0.2, -0.15) is 0 Å². The molecular weight excluding hydrogens is 382 g/mol. The number of hydrogen-bond donors (Lipinski definition) is 1. The molecule has 1 N–H and O–H groups in total. The van der Waals surface area contributed by atoms with Crippen LogP contribution in [-0.4, -0.2) is 75.2 Å². The van der Waals surface area contributed by atoms with Crippen LogP contribution in [-0.2, 0) is 20.9 Å². The normalized spacial score (nSPS) is 23.9. The third-order valence-electron chi connectivity index (χ3n) is 5.77. The summed E-state index contributed by atoms with van der Waals surface area (Å²) in [4.78, 5) is 29.2. The Morgan fingerprint density at radius 2 is 2.13 bits per heavy atom. The topological polar surface area (TPSA) is 71.1 Å². The maximum atomic E-state index is 12.9. The van der Waals surface area contributed by atoms with E-state index in [4.69, 9.17) is 9.47 Å². The Bertz CT molecular complexity index is 752. The van der Waals surface area contributed by atoms with Crippen molar-refractivity contribution in [2.75, 3.05) is 53.6 Å². The van der Waals surface area contributed by atoms with E-state index in [0.717, 1.165) is 17.7 Å². The smallest absolute Gasteiger partial charge is 0.236 e. The first-order valence-corrected chi connectivity index (χ1v) is 10.7. The largest absolute Gasteiger partial charge is 0.489 e. The molecule has 1 aromatic carbocycles. The van der Waals surface area contributed by atoms with Crippen LogP contribution in [0.3, 0.4) is 0 Å². The zero-order valence-electron chi connectivity index (χ0n) is 18.0.